The van der Waals surface area contributed by atoms with E-state index in [1.54, 1.807) is 67.6 Å². The third-order valence-electron chi connectivity index (χ3n) is 6.92. The van der Waals surface area contributed by atoms with Crippen LogP contribution in [-0.2, 0) is 32.6 Å². The molecule has 4 aromatic carbocycles. The molecule has 0 bridgehead atoms. The number of aryl methyl sites for hydroxylation is 1. The number of likely N-dealkylation sites (N-methyl/N-ethyl adjacent to an activating group) is 1. The van der Waals surface area contributed by atoms with Gasteiger partial charge in [-0.25, -0.2) is 8.42 Å². The van der Waals surface area contributed by atoms with Crippen LogP contribution in [0.1, 0.15) is 23.6 Å². The Labute approximate surface area is 266 Å². The van der Waals surface area contributed by atoms with Crippen molar-refractivity contribution in [3.63, 3.8) is 0 Å². The molecule has 0 aliphatic carbocycles. The molecule has 2 amide bonds. The Morgan fingerprint density at radius 1 is 0.884 bits per heavy atom. The van der Waals surface area contributed by atoms with E-state index in [9.17, 15) is 18.0 Å². The molecule has 0 saturated carbocycles. The monoisotopic (exact) mass is 681 g/mol. The van der Waals surface area contributed by atoms with Crippen LogP contribution in [0.3, 0.4) is 0 Å². The van der Waals surface area contributed by atoms with Crippen molar-refractivity contribution < 1.29 is 18.0 Å². The molecule has 0 fully saturated rings. The molecule has 224 valence electrons. The van der Waals surface area contributed by atoms with Crippen molar-refractivity contribution in [2.24, 2.45) is 0 Å². The third-order valence-corrected chi connectivity index (χ3v) is 9.61. The van der Waals surface area contributed by atoms with Gasteiger partial charge in [-0.3, -0.25) is 13.9 Å². The number of benzene rings is 4. The van der Waals surface area contributed by atoms with Crippen molar-refractivity contribution >= 4 is 55.1 Å². The second-order valence-corrected chi connectivity index (χ2v) is 13.2. The van der Waals surface area contributed by atoms with Gasteiger partial charge in [-0.15, -0.1) is 0 Å². The molecular weight excluding hydrogens is 650 g/mol. The fourth-order valence-corrected chi connectivity index (χ4v) is 6.50. The Kier molecular flexibility index (Phi) is 11.0. The molecule has 4 aromatic rings. The van der Waals surface area contributed by atoms with Crippen molar-refractivity contribution in [3.05, 3.63) is 129 Å². The lowest BCUT2D eigenvalue weighted by atomic mass is 10.0. The number of sulfonamides is 1. The Bertz CT molecular complexity index is 1650. The molecular formula is C33H33BrClN3O4S. The molecule has 0 aromatic heterocycles. The number of rotatable bonds is 12. The molecule has 10 heteroatoms. The average Bonchev–Trinajstić information content (AvgIpc) is 3.00. The van der Waals surface area contributed by atoms with Crippen LogP contribution in [-0.4, -0.2) is 44.3 Å². The largest absolute Gasteiger partial charge is 0.355 e. The van der Waals surface area contributed by atoms with E-state index in [-0.39, 0.29) is 23.8 Å². The minimum atomic E-state index is -4.16. The zero-order valence-electron chi connectivity index (χ0n) is 23.9. The molecule has 0 unspecified atom stereocenters. The van der Waals surface area contributed by atoms with Crippen LogP contribution in [0.2, 0.25) is 5.02 Å². The number of hydrogen-bond donors (Lipinski definition) is 1. The summed E-state index contributed by atoms with van der Waals surface area (Å²) in [4.78, 5) is 29.4. The van der Waals surface area contributed by atoms with Gasteiger partial charge in [-0.1, -0.05) is 93.8 Å². The quantitative estimate of drug-likeness (QED) is 0.188. The molecule has 7 nitrogen and oxygen atoms in total. The minimum absolute atomic E-state index is 0.00585. The Morgan fingerprint density at radius 2 is 1.51 bits per heavy atom. The third kappa shape index (κ3) is 8.25. The molecule has 0 saturated heterocycles. The SMILES string of the molecule is CCNC(=O)[C@@H](Cc1ccccc1)N(Cc1ccccc1Cl)C(=O)CN(c1ccc(Br)cc1)S(=O)(=O)c1ccc(C)cc1. The van der Waals surface area contributed by atoms with E-state index in [1.165, 1.54) is 17.0 Å². The van der Waals surface area contributed by atoms with Crippen LogP contribution < -0.4 is 9.62 Å². The van der Waals surface area contributed by atoms with E-state index in [2.05, 4.69) is 21.2 Å². The summed E-state index contributed by atoms with van der Waals surface area (Å²) in [5.41, 5.74) is 2.71. The number of nitrogens with one attached hydrogen (secondary N) is 1. The fourth-order valence-electron chi connectivity index (χ4n) is 4.63. The molecule has 0 spiro atoms. The van der Waals surface area contributed by atoms with Crippen molar-refractivity contribution in [1.82, 2.24) is 10.2 Å². The minimum Gasteiger partial charge on any atom is -0.355 e. The summed E-state index contributed by atoms with van der Waals surface area (Å²) in [6.45, 7) is 3.51. The van der Waals surface area contributed by atoms with Crippen LogP contribution in [0.4, 0.5) is 5.69 Å². The van der Waals surface area contributed by atoms with E-state index >= 15 is 0 Å². The van der Waals surface area contributed by atoms with Gasteiger partial charge in [-0.2, -0.15) is 0 Å². The van der Waals surface area contributed by atoms with Crippen LogP contribution >= 0.6 is 27.5 Å². The number of carbonyl (C=O) groups excluding carboxylic acids is 2. The summed E-state index contributed by atoms with van der Waals surface area (Å²) in [5, 5.41) is 3.29. The lowest BCUT2D eigenvalue weighted by Crippen LogP contribution is -2.53. The highest BCUT2D eigenvalue weighted by molar-refractivity contribution is 9.10. The second-order valence-electron chi connectivity index (χ2n) is 10.0. The summed E-state index contributed by atoms with van der Waals surface area (Å²) in [7, 11) is -4.16. The lowest BCUT2D eigenvalue weighted by molar-refractivity contribution is -0.140. The summed E-state index contributed by atoms with van der Waals surface area (Å²) in [5.74, 6) is -0.894. The highest BCUT2D eigenvalue weighted by Gasteiger charge is 2.34. The van der Waals surface area contributed by atoms with Gasteiger partial charge in [0.15, 0.2) is 0 Å². The highest BCUT2D eigenvalue weighted by atomic mass is 79.9. The standard InChI is InChI=1S/C33H33BrClN3O4S/c1-3-36-33(40)31(21-25-9-5-4-6-10-25)37(22-26-11-7-8-12-30(26)35)32(39)23-38(28-17-15-27(34)16-18-28)43(41,42)29-19-13-24(2)14-20-29/h4-20,31H,3,21-23H2,1-2H3,(H,36,40)/t31-/m1/s1. The number of hydrogen-bond acceptors (Lipinski definition) is 4. The van der Waals surface area contributed by atoms with Crippen molar-refractivity contribution in [3.8, 4) is 0 Å². The maximum Gasteiger partial charge on any atom is 0.264 e. The van der Waals surface area contributed by atoms with Crippen LogP contribution in [0.25, 0.3) is 0 Å². The van der Waals surface area contributed by atoms with E-state index in [4.69, 9.17) is 11.6 Å². The Morgan fingerprint density at radius 3 is 2.14 bits per heavy atom. The maximum atomic E-state index is 14.4. The van der Waals surface area contributed by atoms with Crippen molar-refractivity contribution in [2.45, 2.75) is 37.8 Å². The molecule has 43 heavy (non-hydrogen) atoms. The van der Waals surface area contributed by atoms with Crippen LogP contribution in [0.15, 0.2) is 112 Å². The maximum absolute atomic E-state index is 14.4. The van der Waals surface area contributed by atoms with E-state index in [1.807, 2.05) is 37.3 Å². The Hall–Kier alpha value is -3.66. The predicted molar refractivity (Wildman–Crippen MR) is 174 cm³/mol. The summed E-state index contributed by atoms with van der Waals surface area (Å²) in [6.07, 6.45) is 0.228. The first kappa shape index (κ1) is 32.3. The molecule has 1 N–H and O–H groups in total. The summed E-state index contributed by atoms with van der Waals surface area (Å²) >= 11 is 9.91. The first-order chi connectivity index (χ1) is 20.6. The first-order valence-corrected chi connectivity index (χ1v) is 16.4. The number of carbonyl (C=O) groups is 2. The summed E-state index contributed by atoms with van der Waals surface area (Å²) in [6, 6.07) is 28.7. The van der Waals surface area contributed by atoms with Gasteiger partial charge in [0.25, 0.3) is 10.0 Å². The zero-order chi connectivity index (χ0) is 31.0. The molecule has 1 atom stereocenters. The van der Waals surface area contributed by atoms with Gasteiger partial charge in [-0.05, 0) is 67.4 Å². The number of amides is 2. The summed E-state index contributed by atoms with van der Waals surface area (Å²) < 4.78 is 29.9. The van der Waals surface area contributed by atoms with E-state index in [0.717, 1.165) is 19.9 Å². The van der Waals surface area contributed by atoms with E-state index in [0.29, 0.717) is 22.8 Å². The van der Waals surface area contributed by atoms with Crippen LogP contribution in [0, 0.1) is 6.92 Å². The molecule has 0 aliphatic heterocycles. The van der Waals surface area contributed by atoms with Crippen LogP contribution in [0.5, 0.6) is 0 Å². The van der Waals surface area contributed by atoms with E-state index < -0.39 is 28.5 Å². The Balaban J connectivity index is 1.80. The van der Waals surface area contributed by atoms with Gasteiger partial charge < -0.3 is 10.2 Å². The fraction of sp³-hybridized carbons (Fsp3) is 0.212. The number of nitrogens with zero attached hydrogens (tertiary/aromatic N) is 2. The first-order valence-electron chi connectivity index (χ1n) is 13.8. The van der Waals surface area contributed by atoms with Gasteiger partial charge in [0.2, 0.25) is 11.8 Å². The zero-order valence-corrected chi connectivity index (χ0v) is 27.1. The van der Waals surface area contributed by atoms with Crippen molar-refractivity contribution in [2.75, 3.05) is 17.4 Å². The van der Waals surface area contributed by atoms with Gasteiger partial charge in [0.05, 0.1) is 10.6 Å². The molecule has 0 aliphatic rings. The normalized spacial score (nSPS) is 11.9. The molecule has 4 rings (SSSR count). The second kappa shape index (κ2) is 14.7. The number of halogens is 2. The van der Waals surface area contributed by atoms with Gasteiger partial charge in [0, 0.05) is 29.0 Å². The number of anilines is 1. The van der Waals surface area contributed by atoms with Crippen molar-refractivity contribution in [1.29, 1.82) is 0 Å². The highest BCUT2D eigenvalue weighted by Crippen LogP contribution is 2.27. The predicted octanol–water partition coefficient (Wildman–Crippen LogP) is 6.38. The van der Waals surface area contributed by atoms with Gasteiger partial charge in [0.1, 0.15) is 12.6 Å². The van der Waals surface area contributed by atoms with Gasteiger partial charge >= 0.3 is 0 Å². The topological polar surface area (TPSA) is 86.8 Å². The average molecular weight is 683 g/mol. The smallest absolute Gasteiger partial charge is 0.264 e. The molecule has 0 radical (unpaired) electrons. The molecule has 0 heterocycles. The lowest BCUT2D eigenvalue weighted by Gasteiger charge is -2.34.